The number of aromatic nitrogens is 2. The van der Waals surface area contributed by atoms with Crippen LogP contribution in [-0.2, 0) is 0 Å². The van der Waals surface area contributed by atoms with Crippen molar-refractivity contribution in [1.82, 2.24) is 9.97 Å². The molecule has 0 saturated heterocycles. The second-order valence-corrected chi connectivity index (χ2v) is 12.4. The Labute approximate surface area is 239 Å². The van der Waals surface area contributed by atoms with Gasteiger partial charge in [0.2, 0.25) is 0 Å². The summed E-state index contributed by atoms with van der Waals surface area (Å²) in [5.41, 5.74) is 2.15. The van der Waals surface area contributed by atoms with E-state index in [1.165, 1.54) is 19.5 Å². The van der Waals surface area contributed by atoms with E-state index in [-0.39, 0.29) is 42.6 Å². The fourth-order valence-corrected chi connectivity index (χ4v) is 5.18. The molecule has 40 heavy (non-hydrogen) atoms. The predicted molar refractivity (Wildman–Crippen MR) is 159 cm³/mol. The Balaban J connectivity index is 1.83. The molecule has 4 aromatic carbocycles. The summed E-state index contributed by atoms with van der Waals surface area (Å²) in [4.78, 5) is 10.6. The molecule has 0 unspecified atom stereocenters. The molecule has 0 saturated carbocycles. The first-order valence-electron chi connectivity index (χ1n) is 12.6. The number of anilines is 3. The number of methoxy groups -OCH3 is 1. The maximum Gasteiger partial charge on any atom is 0.316 e. The van der Waals surface area contributed by atoms with E-state index in [2.05, 4.69) is 30.7 Å². The average molecular weight is 572 g/mol. The minimum Gasteiger partial charge on any atom is -0.539 e. The molecule has 0 aliphatic rings. The molecule has 0 aliphatic heterocycles. The number of fused-ring (bicyclic) bond motifs is 1. The number of nitrogens with zero attached hydrogens (tertiary/aromatic N) is 3. The van der Waals surface area contributed by atoms with Gasteiger partial charge in [-0.2, -0.15) is 0 Å². The molecule has 0 spiro atoms. The number of phenols is 1. The molecule has 202 valence electrons. The molecule has 1 N–H and O–H groups in total. The van der Waals surface area contributed by atoms with Crippen LogP contribution in [0.15, 0.2) is 85.2 Å². The number of hydrogen-bond acceptors (Lipinski definition) is 6. The molecule has 9 heteroatoms. The van der Waals surface area contributed by atoms with Gasteiger partial charge in [0.1, 0.15) is 17.9 Å². The van der Waals surface area contributed by atoms with Crippen molar-refractivity contribution in [3.8, 4) is 28.4 Å². The lowest BCUT2D eigenvalue weighted by Gasteiger charge is -2.28. The molecule has 0 aliphatic carbocycles. The van der Waals surface area contributed by atoms with Crippen molar-refractivity contribution in [2.75, 3.05) is 12.0 Å². The average Bonchev–Trinajstić information content (AvgIpc) is 2.94. The van der Waals surface area contributed by atoms with Gasteiger partial charge in [0.25, 0.3) is 0 Å². The van der Waals surface area contributed by atoms with Crippen molar-refractivity contribution in [2.24, 2.45) is 0 Å². The van der Waals surface area contributed by atoms with Crippen molar-refractivity contribution >= 4 is 49.5 Å². The SMILES string of the molecule is COc1cc2c(N(c3ccccc3)c3cc(O[Si]C(C)(C)C)c(Cl)c(-c4ccccc4)c3F)ncnc2cc1O. The van der Waals surface area contributed by atoms with Gasteiger partial charge in [-0.25, -0.2) is 14.4 Å². The summed E-state index contributed by atoms with van der Waals surface area (Å²) < 4.78 is 28.4. The summed E-state index contributed by atoms with van der Waals surface area (Å²) in [5, 5.41) is 11.0. The van der Waals surface area contributed by atoms with Gasteiger partial charge in [-0.15, -0.1) is 0 Å². The number of ether oxygens (including phenoxy) is 1. The Morgan fingerprint density at radius 2 is 1.60 bits per heavy atom. The van der Waals surface area contributed by atoms with E-state index in [0.29, 0.717) is 33.7 Å². The molecular weight excluding hydrogens is 545 g/mol. The molecule has 0 bridgehead atoms. The summed E-state index contributed by atoms with van der Waals surface area (Å²) in [6, 6.07) is 23.2. The second-order valence-electron chi connectivity index (χ2n) is 10.1. The Hall–Kier alpha value is -4.14. The van der Waals surface area contributed by atoms with Crippen LogP contribution in [0.25, 0.3) is 22.0 Å². The number of phenolic OH excluding ortho intramolecular Hbond substituents is 1. The Morgan fingerprint density at radius 1 is 0.925 bits per heavy atom. The van der Waals surface area contributed by atoms with Crippen LogP contribution in [0.4, 0.5) is 21.6 Å². The van der Waals surface area contributed by atoms with Gasteiger partial charge in [0.05, 0.1) is 23.3 Å². The van der Waals surface area contributed by atoms with Crippen LogP contribution >= 0.6 is 11.6 Å². The van der Waals surface area contributed by atoms with Crippen LogP contribution in [0.2, 0.25) is 10.1 Å². The highest BCUT2D eigenvalue weighted by atomic mass is 35.5. The smallest absolute Gasteiger partial charge is 0.316 e. The number of rotatable bonds is 7. The predicted octanol–water partition coefficient (Wildman–Crippen LogP) is 8.49. The fourth-order valence-electron chi connectivity index (χ4n) is 4.25. The van der Waals surface area contributed by atoms with Crippen molar-refractivity contribution in [1.29, 1.82) is 0 Å². The van der Waals surface area contributed by atoms with Crippen LogP contribution in [-0.4, -0.2) is 31.9 Å². The normalized spacial score (nSPS) is 11.4. The summed E-state index contributed by atoms with van der Waals surface area (Å²) in [7, 11) is 1.54. The standard InChI is InChI=1S/C31H27ClFN3O3Si/c1-31(2,3)40-39-26-17-23(29(33)27(28(26)32)19-11-7-5-8-12-19)36(20-13-9-6-10-14-20)30-21-15-25(38-4)24(37)16-22(21)34-18-35-30/h5-18,37H,1-4H3. The van der Waals surface area contributed by atoms with Gasteiger partial charge in [0.15, 0.2) is 17.3 Å². The molecule has 6 nitrogen and oxygen atoms in total. The second kappa shape index (κ2) is 11.2. The van der Waals surface area contributed by atoms with E-state index >= 15 is 4.39 Å². The van der Waals surface area contributed by atoms with Crippen molar-refractivity contribution in [2.45, 2.75) is 25.8 Å². The molecule has 1 aromatic heterocycles. The van der Waals surface area contributed by atoms with E-state index in [1.807, 2.05) is 60.7 Å². The van der Waals surface area contributed by atoms with Crippen LogP contribution in [0, 0.1) is 5.82 Å². The highest BCUT2D eigenvalue weighted by Gasteiger charge is 2.28. The van der Waals surface area contributed by atoms with Crippen molar-refractivity contribution in [3.63, 3.8) is 0 Å². The molecule has 1 heterocycles. The summed E-state index contributed by atoms with van der Waals surface area (Å²) in [6.45, 7) is 6.19. The summed E-state index contributed by atoms with van der Waals surface area (Å²) in [6.07, 6.45) is 1.38. The van der Waals surface area contributed by atoms with Crippen LogP contribution in [0.1, 0.15) is 20.8 Å². The third-order valence-electron chi connectivity index (χ3n) is 6.06. The first-order valence-corrected chi connectivity index (χ1v) is 13.8. The van der Waals surface area contributed by atoms with Crippen LogP contribution in [0.3, 0.4) is 0 Å². The van der Waals surface area contributed by atoms with Gasteiger partial charge in [-0.1, -0.05) is 80.9 Å². The number of benzene rings is 4. The van der Waals surface area contributed by atoms with Gasteiger partial charge in [-0.05, 0) is 28.8 Å². The Kier molecular flexibility index (Phi) is 7.65. The maximum atomic E-state index is 16.8. The van der Waals surface area contributed by atoms with Gasteiger partial charge in [0, 0.05) is 28.8 Å². The van der Waals surface area contributed by atoms with E-state index in [0.717, 1.165) is 0 Å². The fraction of sp³-hybridized carbons (Fsp3) is 0.161. The number of aromatic hydroxyl groups is 1. The monoisotopic (exact) mass is 571 g/mol. The van der Waals surface area contributed by atoms with E-state index < -0.39 is 5.82 Å². The molecule has 0 atom stereocenters. The first-order chi connectivity index (χ1) is 19.2. The molecule has 0 fully saturated rings. The third kappa shape index (κ3) is 5.45. The minimum atomic E-state index is -0.538. The molecule has 5 rings (SSSR count). The Morgan fingerprint density at radius 3 is 2.25 bits per heavy atom. The number of halogens is 2. The molecule has 2 radical (unpaired) electrons. The van der Waals surface area contributed by atoms with Crippen molar-refractivity contribution < 1.29 is 18.7 Å². The lowest BCUT2D eigenvalue weighted by Crippen LogP contribution is -2.18. The largest absolute Gasteiger partial charge is 0.539 e. The topological polar surface area (TPSA) is 67.7 Å². The number of hydrogen-bond donors (Lipinski definition) is 1. The lowest BCUT2D eigenvalue weighted by atomic mass is 10.0. The zero-order valence-electron chi connectivity index (χ0n) is 22.4. The Bertz CT molecular complexity index is 1660. The third-order valence-corrected chi connectivity index (χ3v) is 7.37. The van der Waals surface area contributed by atoms with E-state index in [9.17, 15) is 5.11 Å². The van der Waals surface area contributed by atoms with Gasteiger partial charge in [-0.3, -0.25) is 4.90 Å². The summed E-state index contributed by atoms with van der Waals surface area (Å²) >= 11 is 6.85. The number of para-hydroxylation sites is 1. The lowest BCUT2D eigenvalue weighted by molar-refractivity contribution is 0.374. The minimum absolute atomic E-state index is 0.0613. The van der Waals surface area contributed by atoms with E-state index in [1.54, 1.807) is 17.0 Å². The molecule has 5 aromatic rings. The molecular formula is C31H27ClFN3O3Si. The molecule has 0 amide bonds. The highest BCUT2D eigenvalue weighted by Crippen LogP contribution is 2.47. The highest BCUT2D eigenvalue weighted by molar-refractivity contribution is 6.37. The maximum absolute atomic E-state index is 16.8. The van der Waals surface area contributed by atoms with Crippen LogP contribution < -0.4 is 14.1 Å². The summed E-state index contributed by atoms with van der Waals surface area (Å²) in [5.74, 6) is 0.393. The quantitative estimate of drug-likeness (QED) is 0.198. The zero-order valence-corrected chi connectivity index (χ0v) is 24.2. The zero-order chi connectivity index (χ0) is 28.4. The van der Waals surface area contributed by atoms with Crippen LogP contribution in [0.5, 0.6) is 17.2 Å². The van der Waals surface area contributed by atoms with Crippen molar-refractivity contribution in [3.05, 3.63) is 96.0 Å². The first kappa shape index (κ1) is 27.4. The van der Waals surface area contributed by atoms with E-state index in [4.69, 9.17) is 20.8 Å². The van der Waals surface area contributed by atoms with Gasteiger partial charge < -0.3 is 14.3 Å². The van der Waals surface area contributed by atoms with Gasteiger partial charge >= 0.3 is 9.76 Å².